The Bertz CT molecular complexity index is 1200. The van der Waals surface area contributed by atoms with Gasteiger partial charge in [-0.25, -0.2) is 0 Å². The lowest BCUT2D eigenvalue weighted by Crippen LogP contribution is -2.57. The molecule has 0 heterocycles. The minimum absolute atomic E-state index is 0.0865. The summed E-state index contributed by atoms with van der Waals surface area (Å²) < 4.78 is 0. The van der Waals surface area contributed by atoms with E-state index in [9.17, 15) is 0 Å². The molecule has 0 radical (unpaired) electrons. The molecule has 0 amide bonds. The molecule has 31 heavy (non-hydrogen) atoms. The minimum Gasteiger partial charge on any atom is -0.0925 e. The Labute approximate surface area is 185 Å². The van der Waals surface area contributed by atoms with Gasteiger partial charge < -0.3 is 0 Å². The van der Waals surface area contributed by atoms with Crippen molar-refractivity contribution in [3.63, 3.8) is 0 Å². The maximum Gasteiger partial charge on any atom is 0.0930 e. The van der Waals surface area contributed by atoms with Crippen molar-refractivity contribution >= 4 is 14.1 Å². The summed E-state index contributed by atoms with van der Waals surface area (Å²) in [5.74, 6) is 0.341. The molecule has 0 spiro atoms. The van der Waals surface area contributed by atoms with Gasteiger partial charge in [0.15, 0.2) is 0 Å². The topological polar surface area (TPSA) is 0 Å². The van der Waals surface area contributed by atoms with Crippen LogP contribution in [-0.2, 0) is 5.04 Å². The van der Waals surface area contributed by atoms with E-state index in [1.807, 2.05) is 0 Å². The van der Waals surface area contributed by atoms with Gasteiger partial charge in [0, 0.05) is 11.0 Å². The molecule has 0 nitrogen and oxygen atoms in total. The molecule has 0 unspecified atom stereocenters. The summed E-state index contributed by atoms with van der Waals surface area (Å²) in [7, 11) is -2.03. The Balaban J connectivity index is 1.70. The highest BCUT2D eigenvalue weighted by molar-refractivity contribution is 6.87. The van der Waals surface area contributed by atoms with E-state index in [1.54, 1.807) is 0 Å². The normalized spacial score (nSPS) is 20.9. The van der Waals surface area contributed by atoms with Crippen LogP contribution in [0.2, 0.25) is 13.1 Å². The first-order valence-corrected chi connectivity index (χ1v) is 14.2. The van der Waals surface area contributed by atoms with Crippen molar-refractivity contribution in [1.29, 1.82) is 0 Å². The quantitative estimate of drug-likeness (QED) is 0.308. The Morgan fingerprint density at radius 2 is 1.00 bits per heavy atom. The molecule has 7 rings (SSSR count). The van der Waals surface area contributed by atoms with Crippen molar-refractivity contribution in [2.75, 3.05) is 0 Å². The molecule has 0 N–H and O–H groups in total. The molecule has 2 bridgehead atoms. The van der Waals surface area contributed by atoms with Crippen molar-refractivity contribution in [2.24, 2.45) is 0 Å². The Kier molecular flexibility index (Phi) is 4.00. The van der Waals surface area contributed by atoms with Crippen LogP contribution in [0.5, 0.6) is 0 Å². The van der Waals surface area contributed by atoms with Gasteiger partial charge in [-0.15, -0.1) is 0 Å². The second kappa shape index (κ2) is 6.67. The Morgan fingerprint density at radius 1 is 0.581 bits per heavy atom. The molecule has 3 aliphatic carbocycles. The first-order chi connectivity index (χ1) is 15.1. The van der Waals surface area contributed by atoms with Crippen LogP contribution in [0.3, 0.4) is 0 Å². The van der Waals surface area contributed by atoms with E-state index in [2.05, 4.69) is 128 Å². The number of rotatable bonds is 3. The smallest absolute Gasteiger partial charge is 0.0925 e. The van der Waals surface area contributed by atoms with Gasteiger partial charge in [0.05, 0.1) is 8.07 Å². The van der Waals surface area contributed by atoms with Crippen molar-refractivity contribution in [2.45, 2.75) is 24.1 Å². The molecule has 0 aromatic heterocycles. The van der Waals surface area contributed by atoms with E-state index < -0.39 is 8.07 Å². The molecule has 3 aliphatic rings. The van der Waals surface area contributed by atoms with Gasteiger partial charge in [-0.05, 0) is 38.9 Å². The standard InChI is InChI=1S/C30H26Si/c1-31(2,21-20-22-12-4-3-5-13-22)30-26-17-9-6-14-23(26)29(24-15-7-10-18-27(24)30)25-16-8-11-19-28(25)30/h3-21,29H,1-2H3/b21-20+. The lowest BCUT2D eigenvalue weighted by atomic mass is 9.60. The van der Waals surface area contributed by atoms with Crippen LogP contribution >= 0.6 is 0 Å². The van der Waals surface area contributed by atoms with Crippen LogP contribution in [0.1, 0.15) is 44.9 Å². The van der Waals surface area contributed by atoms with Gasteiger partial charge in [-0.2, -0.15) is 0 Å². The second-order valence-electron chi connectivity index (χ2n) is 9.41. The molecular formula is C30H26Si. The molecule has 0 atom stereocenters. The van der Waals surface area contributed by atoms with Crippen LogP contribution in [0.15, 0.2) is 109 Å². The fourth-order valence-corrected chi connectivity index (χ4v) is 9.87. The largest absolute Gasteiger partial charge is 0.0930 e. The first-order valence-electron chi connectivity index (χ1n) is 11.2. The highest BCUT2D eigenvalue weighted by Gasteiger charge is 2.58. The molecule has 4 aromatic rings. The molecule has 1 heteroatoms. The van der Waals surface area contributed by atoms with E-state index in [-0.39, 0.29) is 5.04 Å². The summed E-state index contributed by atoms with van der Waals surface area (Å²) in [6, 6.07) is 38.4. The summed E-state index contributed by atoms with van der Waals surface area (Å²) in [5, 5.41) is -0.0865. The van der Waals surface area contributed by atoms with Crippen LogP contribution in [0.25, 0.3) is 6.08 Å². The fourth-order valence-electron chi connectivity index (χ4n) is 6.24. The summed E-state index contributed by atoms with van der Waals surface area (Å²) >= 11 is 0. The average Bonchev–Trinajstić information content (AvgIpc) is 2.83. The lowest BCUT2D eigenvalue weighted by Gasteiger charge is -2.56. The summed E-state index contributed by atoms with van der Waals surface area (Å²) in [4.78, 5) is 0. The van der Waals surface area contributed by atoms with Crippen molar-refractivity contribution in [3.05, 3.63) is 148 Å². The number of benzene rings is 4. The van der Waals surface area contributed by atoms with Gasteiger partial charge in [-0.3, -0.25) is 0 Å². The van der Waals surface area contributed by atoms with Gasteiger partial charge in [0.25, 0.3) is 0 Å². The maximum atomic E-state index is 2.57. The molecule has 4 aromatic carbocycles. The Hall–Kier alpha value is -3.16. The van der Waals surface area contributed by atoms with E-state index in [0.29, 0.717) is 5.92 Å². The summed E-state index contributed by atoms with van der Waals surface area (Å²) in [5.41, 5.74) is 12.9. The third-order valence-corrected chi connectivity index (χ3v) is 11.2. The monoisotopic (exact) mass is 414 g/mol. The molecule has 0 saturated heterocycles. The van der Waals surface area contributed by atoms with Crippen LogP contribution in [0, 0.1) is 0 Å². The predicted molar refractivity (Wildman–Crippen MR) is 133 cm³/mol. The Morgan fingerprint density at radius 3 is 1.48 bits per heavy atom. The minimum atomic E-state index is -2.03. The second-order valence-corrected chi connectivity index (χ2v) is 13.9. The highest BCUT2D eigenvalue weighted by atomic mass is 28.3. The zero-order valence-corrected chi connectivity index (χ0v) is 19.0. The van der Waals surface area contributed by atoms with Crippen molar-refractivity contribution < 1.29 is 0 Å². The van der Waals surface area contributed by atoms with Crippen LogP contribution in [-0.4, -0.2) is 8.07 Å². The van der Waals surface area contributed by atoms with E-state index >= 15 is 0 Å². The van der Waals surface area contributed by atoms with Gasteiger partial charge >= 0.3 is 0 Å². The maximum absolute atomic E-state index is 2.57. The highest BCUT2D eigenvalue weighted by Crippen LogP contribution is 2.62. The van der Waals surface area contributed by atoms with Gasteiger partial charge in [0.1, 0.15) is 0 Å². The molecule has 0 aliphatic heterocycles. The summed E-state index contributed by atoms with van der Waals surface area (Å²) in [6.07, 6.45) is 2.36. The predicted octanol–water partition coefficient (Wildman–Crippen LogP) is 7.33. The number of hydrogen-bond acceptors (Lipinski definition) is 0. The molecule has 150 valence electrons. The third-order valence-electron chi connectivity index (χ3n) is 7.49. The van der Waals surface area contributed by atoms with E-state index in [4.69, 9.17) is 0 Å². The first kappa shape index (κ1) is 18.6. The van der Waals surface area contributed by atoms with Crippen molar-refractivity contribution in [3.8, 4) is 0 Å². The fraction of sp³-hybridized carbons (Fsp3) is 0.133. The van der Waals surface area contributed by atoms with Crippen LogP contribution in [0.4, 0.5) is 0 Å². The van der Waals surface area contributed by atoms with Crippen molar-refractivity contribution in [1.82, 2.24) is 0 Å². The molecule has 0 fully saturated rings. The van der Waals surface area contributed by atoms with Gasteiger partial charge in [0.2, 0.25) is 0 Å². The van der Waals surface area contributed by atoms with Gasteiger partial charge in [-0.1, -0.05) is 128 Å². The zero-order valence-electron chi connectivity index (χ0n) is 18.0. The molecule has 0 saturated carbocycles. The lowest BCUT2D eigenvalue weighted by molar-refractivity contribution is 0.683. The van der Waals surface area contributed by atoms with Crippen LogP contribution < -0.4 is 0 Å². The zero-order chi connectivity index (χ0) is 21.1. The van der Waals surface area contributed by atoms with E-state index in [0.717, 1.165) is 0 Å². The molecular weight excluding hydrogens is 388 g/mol. The third kappa shape index (κ3) is 2.41. The van der Waals surface area contributed by atoms with E-state index in [1.165, 1.54) is 38.9 Å². The number of hydrogen-bond donors (Lipinski definition) is 0. The summed E-state index contributed by atoms with van der Waals surface area (Å²) in [6.45, 7) is 5.09. The SMILES string of the molecule is C[Si](C)(/C=C/c1ccccc1)C12c3ccccc3C(c3ccccc31)c1ccccc12. The average molecular weight is 415 g/mol.